The Balaban J connectivity index is 1.36. The van der Waals surface area contributed by atoms with E-state index in [1.165, 1.54) is 32.4 Å². The number of alkyl halides is 3. The van der Waals surface area contributed by atoms with Crippen LogP contribution in [-0.4, -0.2) is 65.5 Å². The molecule has 0 radical (unpaired) electrons. The Morgan fingerprint density at radius 2 is 1.95 bits per heavy atom. The second-order valence-corrected chi connectivity index (χ2v) is 10.5. The van der Waals surface area contributed by atoms with Gasteiger partial charge in [0, 0.05) is 29.6 Å². The van der Waals surface area contributed by atoms with Crippen LogP contribution < -0.4 is 14.8 Å². The number of carbonyl (C=O) groups is 1. The summed E-state index contributed by atoms with van der Waals surface area (Å²) in [6, 6.07) is 6.21. The molecule has 2 fully saturated rings. The number of benzene rings is 1. The van der Waals surface area contributed by atoms with Gasteiger partial charge in [0.15, 0.2) is 5.69 Å². The lowest BCUT2D eigenvalue weighted by Crippen LogP contribution is -2.51. The SMILES string of the molecule is COc1ccc(-c2cc(C(F)(F)F)n(-c3nc(C(=O)NC[C@@H]4CCCN5CCCC[C@H]45)cs3)n2)c(OC)c1. The molecule has 3 aromatic rings. The predicted molar refractivity (Wildman–Crippen MR) is 137 cm³/mol. The van der Waals surface area contributed by atoms with E-state index in [0.717, 1.165) is 54.4 Å². The lowest BCUT2D eigenvalue weighted by Gasteiger charge is -2.44. The van der Waals surface area contributed by atoms with Crippen LogP contribution in [0.15, 0.2) is 29.6 Å². The number of fused-ring (bicyclic) bond motifs is 1. The highest BCUT2D eigenvalue weighted by Crippen LogP contribution is 2.38. The van der Waals surface area contributed by atoms with Crippen LogP contribution in [0, 0.1) is 5.92 Å². The fourth-order valence-electron chi connectivity index (χ4n) is 5.47. The number of ether oxygens (including phenoxy) is 2. The number of nitrogens with zero attached hydrogens (tertiary/aromatic N) is 4. The molecule has 0 aliphatic carbocycles. The van der Waals surface area contributed by atoms with Crippen molar-refractivity contribution in [3.05, 3.63) is 41.0 Å². The summed E-state index contributed by atoms with van der Waals surface area (Å²) in [5.74, 6) is 0.802. The highest BCUT2D eigenvalue weighted by Gasteiger charge is 2.38. The first-order valence-electron chi connectivity index (χ1n) is 12.7. The van der Waals surface area contributed by atoms with Crippen molar-refractivity contribution in [1.29, 1.82) is 0 Å². The lowest BCUT2D eigenvalue weighted by atomic mass is 9.83. The molecule has 0 saturated carbocycles. The molecule has 5 rings (SSSR count). The molecule has 2 aliphatic rings. The van der Waals surface area contributed by atoms with E-state index in [4.69, 9.17) is 9.47 Å². The number of halogens is 3. The molecule has 0 unspecified atom stereocenters. The number of carbonyl (C=O) groups excluding carboxylic acids is 1. The fourth-order valence-corrected chi connectivity index (χ4v) is 6.23. The molecule has 2 aliphatic heterocycles. The van der Waals surface area contributed by atoms with Gasteiger partial charge in [-0.1, -0.05) is 6.42 Å². The molecular formula is C26H30F3N5O3S. The van der Waals surface area contributed by atoms with E-state index in [2.05, 4.69) is 20.3 Å². The zero-order chi connectivity index (χ0) is 26.9. The quantitative estimate of drug-likeness (QED) is 0.446. The smallest absolute Gasteiger partial charge is 0.433 e. The van der Waals surface area contributed by atoms with Gasteiger partial charge in [-0.25, -0.2) is 9.67 Å². The summed E-state index contributed by atoms with van der Waals surface area (Å²) in [6.07, 6.45) is 1.05. The van der Waals surface area contributed by atoms with Gasteiger partial charge in [0.2, 0.25) is 5.13 Å². The number of amides is 1. The maximum atomic E-state index is 14.0. The Morgan fingerprint density at radius 1 is 1.13 bits per heavy atom. The molecule has 1 aromatic carbocycles. The zero-order valence-corrected chi connectivity index (χ0v) is 22.1. The summed E-state index contributed by atoms with van der Waals surface area (Å²) < 4.78 is 53.2. The largest absolute Gasteiger partial charge is 0.497 e. The van der Waals surface area contributed by atoms with Gasteiger partial charge in [-0.3, -0.25) is 4.79 Å². The van der Waals surface area contributed by atoms with Crippen molar-refractivity contribution < 1.29 is 27.4 Å². The molecule has 1 amide bonds. The Morgan fingerprint density at radius 3 is 2.71 bits per heavy atom. The van der Waals surface area contributed by atoms with Crippen molar-refractivity contribution >= 4 is 17.2 Å². The molecule has 0 bridgehead atoms. The van der Waals surface area contributed by atoms with Gasteiger partial charge in [0.1, 0.15) is 17.2 Å². The van der Waals surface area contributed by atoms with Crippen LogP contribution in [0.3, 0.4) is 0 Å². The van der Waals surface area contributed by atoms with E-state index in [1.54, 1.807) is 18.2 Å². The number of rotatable bonds is 7. The zero-order valence-electron chi connectivity index (χ0n) is 21.3. The standard InChI is InChI=1S/C26H30F3N5O3S/c1-36-17-8-9-18(22(12-17)37-2)19-13-23(26(27,28)29)34(32-19)25-31-20(15-38-25)24(35)30-14-16-6-5-11-33-10-4-3-7-21(16)33/h8-9,12-13,15-16,21H,3-7,10-11,14H2,1-2H3,(H,30,35)/t16-,21+/m0/s1. The van der Waals surface area contributed by atoms with E-state index in [9.17, 15) is 18.0 Å². The third-order valence-corrected chi connectivity index (χ3v) is 8.16. The Labute approximate surface area is 222 Å². The van der Waals surface area contributed by atoms with Crippen molar-refractivity contribution in [2.24, 2.45) is 5.92 Å². The summed E-state index contributed by atoms with van der Waals surface area (Å²) in [5.41, 5.74) is -0.483. The number of aromatic nitrogens is 3. The molecule has 12 heteroatoms. The number of hydrogen-bond acceptors (Lipinski definition) is 7. The molecule has 38 heavy (non-hydrogen) atoms. The van der Waals surface area contributed by atoms with Crippen molar-refractivity contribution in [1.82, 2.24) is 25.0 Å². The highest BCUT2D eigenvalue weighted by atomic mass is 32.1. The van der Waals surface area contributed by atoms with E-state index in [1.807, 2.05) is 0 Å². The first-order valence-corrected chi connectivity index (χ1v) is 13.5. The third kappa shape index (κ3) is 5.37. The third-order valence-electron chi connectivity index (χ3n) is 7.34. The highest BCUT2D eigenvalue weighted by molar-refractivity contribution is 7.12. The first kappa shape index (κ1) is 26.5. The van der Waals surface area contributed by atoms with E-state index >= 15 is 0 Å². The van der Waals surface area contributed by atoms with Crippen LogP contribution in [-0.2, 0) is 6.18 Å². The minimum atomic E-state index is -4.69. The van der Waals surface area contributed by atoms with Gasteiger partial charge in [-0.15, -0.1) is 11.3 Å². The van der Waals surface area contributed by atoms with Gasteiger partial charge >= 0.3 is 6.18 Å². The second kappa shape index (κ2) is 10.9. The number of methoxy groups -OCH3 is 2. The average Bonchev–Trinajstić information content (AvgIpc) is 3.59. The summed E-state index contributed by atoms with van der Waals surface area (Å²) in [7, 11) is 2.91. The molecule has 2 aromatic heterocycles. The first-order chi connectivity index (χ1) is 18.3. The maximum Gasteiger partial charge on any atom is 0.433 e. The second-order valence-electron chi connectivity index (χ2n) is 9.62. The van der Waals surface area contributed by atoms with Crippen LogP contribution in [0.1, 0.15) is 48.3 Å². The van der Waals surface area contributed by atoms with Crippen LogP contribution in [0.25, 0.3) is 16.4 Å². The van der Waals surface area contributed by atoms with E-state index in [-0.39, 0.29) is 16.5 Å². The maximum absolute atomic E-state index is 14.0. The average molecular weight is 550 g/mol. The van der Waals surface area contributed by atoms with Gasteiger partial charge in [-0.05, 0) is 62.9 Å². The minimum Gasteiger partial charge on any atom is -0.497 e. The molecule has 2 saturated heterocycles. The van der Waals surface area contributed by atoms with Gasteiger partial charge in [0.25, 0.3) is 5.91 Å². The molecule has 1 N–H and O–H groups in total. The number of hydrogen-bond donors (Lipinski definition) is 1. The van der Waals surface area contributed by atoms with Crippen molar-refractivity contribution in [3.8, 4) is 27.9 Å². The topological polar surface area (TPSA) is 81.5 Å². The fraction of sp³-hybridized carbons (Fsp3) is 0.500. The predicted octanol–water partition coefficient (Wildman–Crippen LogP) is 5.03. The Hall–Kier alpha value is -3.12. The molecule has 204 valence electrons. The summed E-state index contributed by atoms with van der Waals surface area (Å²) in [5, 5.41) is 8.59. The number of thiazole rings is 1. The van der Waals surface area contributed by atoms with Crippen LogP contribution in [0.4, 0.5) is 13.2 Å². The number of piperidine rings is 2. The van der Waals surface area contributed by atoms with Crippen molar-refractivity contribution in [2.75, 3.05) is 33.9 Å². The molecule has 4 heterocycles. The van der Waals surface area contributed by atoms with E-state index < -0.39 is 17.8 Å². The number of nitrogens with one attached hydrogen (secondary N) is 1. The molecular weight excluding hydrogens is 519 g/mol. The van der Waals surface area contributed by atoms with Crippen molar-refractivity contribution in [3.63, 3.8) is 0 Å². The monoisotopic (exact) mass is 549 g/mol. The van der Waals surface area contributed by atoms with Gasteiger partial charge < -0.3 is 19.7 Å². The van der Waals surface area contributed by atoms with Crippen LogP contribution >= 0.6 is 11.3 Å². The van der Waals surface area contributed by atoms with Crippen molar-refractivity contribution in [2.45, 2.75) is 44.3 Å². The van der Waals surface area contributed by atoms with E-state index in [0.29, 0.717) is 35.6 Å². The van der Waals surface area contributed by atoms with Gasteiger partial charge in [0.05, 0.1) is 19.9 Å². The van der Waals surface area contributed by atoms with Crippen LogP contribution in [0.2, 0.25) is 0 Å². The Kier molecular flexibility index (Phi) is 7.62. The summed E-state index contributed by atoms with van der Waals surface area (Å²) in [4.78, 5) is 19.6. The van der Waals surface area contributed by atoms with Gasteiger partial charge in [-0.2, -0.15) is 18.3 Å². The summed E-state index contributed by atoms with van der Waals surface area (Å²) in [6.45, 7) is 2.75. The molecule has 0 spiro atoms. The summed E-state index contributed by atoms with van der Waals surface area (Å²) >= 11 is 0.934. The van der Waals surface area contributed by atoms with Crippen LogP contribution in [0.5, 0.6) is 11.5 Å². The normalized spacial score (nSPS) is 20.1. The lowest BCUT2D eigenvalue weighted by molar-refractivity contribution is -0.142. The molecule has 8 nitrogen and oxygen atoms in total. The Bertz CT molecular complexity index is 1290. The minimum absolute atomic E-state index is 0.0441. The molecule has 2 atom stereocenters.